The van der Waals surface area contributed by atoms with Crippen molar-refractivity contribution in [2.75, 3.05) is 0 Å². The second-order valence-corrected chi connectivity index (χ2v) is 4.88. The highest BCUT2D eigenvalue weighted by molar-refractivity contribution is 5.81. The molecule has 0 aliphatic heterocycles. The maximum Gasteiger partial charge on any atom is 0.307 e. The fourth-order valence-electron chi connectivity index (χ4n) is 2.07. The molecule has 0 radical (unpaired) electrons. The predicted molar refractivity (Wildman–Crippen MR) is 66.9 cm³/mol. The number of carboxylic acid groups (broad SMARTS) is 1. The van der Waals surface area contributed by atoms with Crippen LogP contribution in [0.5, 0.6) is 0 Å². The second kappa shape index (κ2) is 5.21. The van der Waals surface area contributed by atoms with Crippen LogP contribution in [0, 0.1) is 11.8 Å². The molecule has 0 aromatic heterocycles. The summed E-state index contributed by atoms with van der Waals surface area (Å²) in [7, 11) is 0. The summed E-state index contributed by atoms with van der Waals surface area (Å²) in [6.45, 7) is 2.47. The first-order valence-corrected chi connectivity index (χ1v) is 6.14. The molecule has 4 heteroatoms. The van der Waals surface area contributed by atoms with E-state index in [2.05, 4.69) is 12.2 Å². The molecule has 2 unspecified atom stereocenters. The molecule has 1 aliphatic rings. The molecule has 1 saturated carbocycles. The van der Waals surface area contributed by atoms with Gasteiger partial charge in [0.05, 0.1) is 6.42 Å². The van der Waals surface area contributed by atoms with Crippen molar-refractivity contribution in [1.82, 2.24) is 5.32 Å². The number of amides is 1. The molecule has 4 nitrogen and oxygen atoms in total. The highest BCUT2D eigenvalue weighted by Gasteiger charge is 2.38. The summed E-state index contributed by atoms with van der Waals surface area (Å²) in [5.41, 5.74) is 1.63. The van der Waals surface area contributed by atoms with Gasteiger partial charge in [0.15, 0.2) is 0 Å². The second-order valence-electron chi connectivity index (χ2n) is 4.88. The summed E-state index contributed by atoms with van der Waals surface area (Å²) >= 11 is 0. The lowest BCUT2D eigenvalue weighted by atomic mass is 10.0. The molecule has 1 amide bonds. The molecule has 1 aromatic carbocycles. The van der Waals surface area contributed by atoms with E-state index in [1.807, 2.05) is 18.2 Å². The van der Waals surface area contributed by atoms with Gasteiger partial charge in [0.1, 0.15) is 0 Å². The van der Waals surface area contributed by atoms with Crippen molar-refractivity contribution in [3.05, 3.63) is 35.4 Å². The molecule has 1 fully saturated rings. The molecular formula is C14H17NO3. The summed E-state index contributed by atoms with van der Waals surface area (Å²) in [5.74, 6) is -0.145. The molecule has 2 N–H and O–H groups in total. The zero-order valence-corrected chi connectivity index (χ0v) is 10.3. The van der Waals surface area contributed by atoms with E-state index in [4.69, 9.17) is 5.11 Å². The van der Waals surface area contributed by atoms with Crippen molar-refractivity contribution >= 4 is 11.9 Å². The standard InChI is InChI=1S/C14H17NO3/c1-9-6-12(9)14(18)15-8-11-5-3-2-4-10(11)7-13(16)17/h2-5,9,12H,6-8H2,1H3,(H,15,18)(H,16,17). The third-order valence-electron chi connectivity index (χ3n) is 3.36. The van der Waals surface area contributed by atoms with Crippen LogP contribution in [-0.2, 0) is 22.6 Å². The highest BCUT2D eigenvalue weighted by Crippen LogP contribution is 2.37. The van der Waals surface area contributed by atoms with Crippen LogP contribution >= 0.6 is 0 Å². The molecule has 0 heterocycles. The van der Waals surface area contributed by atoms with E-state index in [-0.39, 0.29) is 18.2 Å². The van der Waals surface area contributed by atoms with Crippen LogP contribution in [0.15, 0.2) is 24.3 Å². The van der Waals surface area contributed by atoms with Gasteiger partial charge in [-0.15, -0.1) is 0 Å². The van der Waals surface area contributed by atoms with Crippen LogP contribution in [0.2, 0.25) is 0 Å². The maximum absolute atomic E-state index is 11.7. The van der Waals surface area contributed by atoms with Gasteiger partial charge in [0, 0.05) is 12.5 Å². The van der Waals surface area contributed by atoms with Crippen LogP contribution in [0.3, 0.4) is 0 Å². The van der Waals surface area contributed by atoms with E-state index in [9.17, 15) is 9.59 Å². The fourth-order valence-corrected chi connectivity index (χ4v) is 2.07. The number of carboxylic acids is 1. The first-order valence-electron chi connectivity index (χ1n) is 6.14. The molecule has 2 atom stereocenters. The van der Waals surface area contributed by atoms with Crippen LogP contribution in [0.1, 0.15) is 24.5 Å². The molecule has 1 aromatic rings. The van der Waals surface area contributed by atoms with Gasteiger partial charge in [-0.1, -0.05) is 31.2 Å². The number of rotatable bonds is 5. The lowest BCUT2D eigenvalue weighted by Crippen LogP contribution is -2.25. The lowest BCUT2D eigenvalue weighted by Gasteiger charge is -2.09. The molecule has 0 bridgehead atoms. The molecule has 18 heavy (non-hydrogen) atoms. The topological polar surface area (TPSA) is 66.4 Å². The molecule has 2 rings (SSSR count). The van der Waals surface area contributed by atoms with E-state index in [1.165, 1.54) is 0 Å². The summed E-state index contributed by atoms with van der Waals surface area (Å²) in [6.07, 6.45) is 0.953. The lowest BCUT2D eigenvalue weighted by molar-refractivity contribution is -0.136. The monoisotopic (exact) mass is 247 g/mol. The zero-order chi connectivity index (χ0) is 13.1. The van der Waals surface area contributed by atoms with Crippen LogP contribution in [0.4, 0.5) is 0 Å². The number of carbonyl (C=O) groups is 2. The van der Waals surface area contributed by atoms with Gasteiger partial charge in [0.2, 0.25) is 5.91 Å². The van der Waals surface area contributed by atoms with Gasteiger partial charge in [-0.05, 0) is 23.5 Å². The smallest absolute Gasteiger partial charge is 0.307 e. The Morgan fingerprint density at radius 3 is 2.50 bits per heavy atom. The van der Waals surface area contributed by atoms with E-state index in [0.717, 1.165) is 17.5 Å². The molecule has 1 aliphatic carbocycles. The largest absolute Gasteiger partial charge is 0.481 e. The van der Waals surface area contributed by atoms with Crippen LogP contribution in [0.25, 0.3) is 0 Å². The quantitative estimate of drug-likeness (QED) is 0.830. The third-order valence-corrected chi connectivity index (χ3v) is 3.36. The van der Waals surface area contributed by atoms with E-state index in [1.54, 1.807) is 6.07 Å². The van der Waals surface area contributed by atoms with Crippen molar-refractivity contribution in [2.24, 2.45) is 11.8 Å². The van der Waals surface area contributed by atoms with E-state index in [0.29, 0.717) is 12.5 Å². The van der Waals surface area contributed by atoms with E-state index < -0.39 is 5.97 Å². The van der Waals surface area contributed by atoms with Crippen molar-refractivity contribution in [3.8, 4) is 0 Å². The van der Waals surface area contributed by atoms with Gasteiger partial charge in [-0.25, -0.2) is 0 Å². The Kier molecular flexibility index (Phi) is 3.65. The van der Waals surface area contributed by atoms with Gasteiger partial charge < -0.3 is 10.4 Å². The van der Waals surface area contributed by atoms with Gasteiger partial charge in [-0.3, -0.25) is 9.59 Å². The first-order chi connectivity index (χ1) is 8.58. The average molecular weight is 247 g/mol. The number of aliphatic carboxylic acids is 1. The Morgan fingerprint density at radius 1 is 1.33 bits per heavy atom. The minimum absolute atomic E-state index is 0.00806. The van der Waals surface area contributed by atoms with Gasteiger partial charge >= 0.3 is 5.97 Å². The highest BCUT2D eigenvalue weighted by atomic mass is 16.4. The molecule has 0 saturated heterocycles. The Labute approximate surface area is 106 Å². The zero-order valence-electron chi connectivity index (χ0n) is 10.3. The van der Waals surface area contributed by atoms with Crippen molar-refractivity contribution < 1.29 is 14.7 Å². The van der Waals surface area contributed by atoms with E-state index >= 15 is 0 Å². The Balaban J connectivity index is 1.96. The number of benzene rings is 1. The van der Waals surface area contributed by atoms with Gasteiger partial charge in [0.25, 0.3) is 0 Å². The number of carbonyl (C=O) groups excluding carboxylic acids is 1. The van der Waals surface area contributed by atoms with Crippen LogP contribution < -0.4 is 5.32 Å². The predicted octanol–water partition coefficient (Wildman–Crippen LogP) is 1.59. The molecular weight excluding hydrogens is 230 g/mol. The Morgan fingerprint density at radius 2 is 1.94 bits per heavy atom. The van der Waals surface area contributed by atoms with Gasteiger partial charge in [-0.2, -0.15) is 0 Å². The summed E-state index contributed by atoms with van der Waals surface area (Å²) < 4.78 is 0. The van der Waals surface area contributed by atoms with Crippen molar-refractivity contribution in [2.45, 2.75) is 26.3 Å². The molecule has 0 spiro atoms. The fraction of sp³-hybridized carbons (Fsp3) is 0.429. The van der Waals surface area contributed by atoms with Crippen molar-refractivity contribution in [3.63, 3.8) is 0 Å². The van der Waals surface area contributed by atoms with Crippen LogP contribution in [-0.4, -0.2) is 17.0 Å². The Bertz CT molecular complexity index is 470. The maximum atomic E-state index is 11.7. The summed E-state index contributed by atoms with van der Waals surface area (Å²) in [5, 5.41) is 11.7. The summed E-state index contributed by atoms with van der Waals surface area (Å²) in [6, 6.07) is 7.31. The SMILES string of the molecule is CC1CC1C(=O)NCc1ccccc1CC(=O)O. The number of nitrogens with one attached hydrogen (secondary N) is 1. The molecule has 96 valence electrons. The third kappa shape index (κ3) is 3.09. The first kappa shape index (κ1) is 12.6. The Hall–Kier alpha value is -1.84. The van der Waals surface area contributed by atoms with Crippen molar-refractivity contribution in [1.29, 1.82) is 0 Å². The average Bonchev–Trinajstić information content (AvgIpc) is 3.04. The summed E-state index contributed by atoms with van der Waals surface area (Å²) in [4.78, 5) is 22.4. The number of hydrogen-bond acceptors (Lipinski definition) is 2. The minimum Gasteiger partial charge on any atom is -0.481 e. The normalized spacial score (nSPS) is 21.4. The minimum atomic E-state index is -0.857. The number of hydrogen-bond donors (Lipinski definition) is 2.